The third kappa shape index (κ3) is 5.46. The fourth-order valence-corrected chi connectivity index (χ4v) is 5.63. The number of carbonyl (C=O) groups is 2. The zero-order chi connectivity index (χ0) is 24.4. The highest BCUT2D eigenvalue weighted by atomic mass is 35.5. The van der Waals surface area contributed by atoms with Gasteiger partial charge in [-0.1, -0.05) is 35.9 Å². The van der Waals surface area contributed by atoms with Crippen molar-refractivity contribution in [3.63, 3.8) is 0 Å². The van der Waals surface area contributed by atoms with Gasteiger partial charge in [0.1, 0.15) is 18.9 Å². The van der Waals surface area contributed by atoms with Crippen LogP contribution in [-0.2, 0) is 11.2 Å². The monoisotopic (exact) mass is 509 g/mol. The van der Waals surface area contributed by atoms with E-state index in [2.05, 4.69) is 16.8 Å². The van der Waals surface area contributed by atoms with E-state index in [0.717, 1.165) is 36.1 Å². The number of hydrogen-bond donors (Lipinski definition) is 1. The molecule has 0 unspecified atom stereocenters. The van der Waals surface area contributed by atoms with Crippen molar-refractivity contribution in [1.82, 2.24) is 9.80 Å². The standard InChI is InChI=1S/C27H28ClN3O3S/c1-18-5-2-3-8-24(18)34-17-23-22-12-14-35-25(22)11-13-30(23)26(32)16-31(21-9-10-21)27(33)29-20-7-4-6-19(28)15-20/h2-8,12,14-15,21,23H,9-11,13,16-17H2,1H3,(H,29,33)/t23-/m1/s1. The van der Waals surface area contributed by atoms with Crippen molar-refractivity contribution in [3.8, 4) is 5.75 Å². The van der Waals surface area contributed by atoms with Crippen LogP contribution < -0.4 is 10.1 Å². The molecule has 1 aromatic heterocycles. The summed E-state index contributed by atoms with van der Waals surface area (Å²) in [4.78, 5) is 31.5. The molecule has 0 radical (unpaired) electrons. The minimum absolute atomic E-state index is 0.0391. The van der Waals surface area contributed by atoms with Gasteiger partial charge in [-0.3, -0.25) is 4.79 Å². The lowest BCUT2D eigenvalue weighted by molar-refractivity contribution is -0.135. The lowest BCUT2D eigenvalue weighted by Gasteiger charge is -2.37. The Morgan fingerprint density at radius 2 is 2.00 bits per heavy atom. The number of nitrogens with zero attached hydrogens (tertiary/aromatic N) is 2. The van der Waals surface area contributed by atoms with Crippen LogP contribution in [0.1, 0.15) is 34.9 Å². The van der Waals surface area contributed by atoms with E-state index in [0.29, 0.717) is 23.9 Å². The van der Waals surface area contributed by atoms with E-state index < -0.39 is 0 Å². The molecule has 2 aromatic carbocycles. The Morgan fingerprint density at radius 1 is 1.17 bits per heavy atom. The van der Waals surface area contributed by atoms with Crippen molar-refractivity contribution in [2.75, 3.05) is 25.0 Å². The van der Waals surface area contributed by atoms with E-state index >= 15 is 0 Å². The zero-order valence-corrected chi connectivity index (χ0v) is 21.1. The fourth-order valence-electron chi connectivity index (χ4n) is 4.51. The zero-order valence-electron chi connectivity index (χ0n) is 19.6. The number of hydrogen-bond acceptors (Lipinski definition) is 4. The van der Waals surface area contributed by atoms with E-state index in [1.165, 1.54) is 4.88 Å². The Labute approximate surface area is 214 Å². The molecular weight excluding hydrogens is 482 g/mol. The van der Waals surface area contributed by atoms with E-state index in [-0.39, 0.29) is 30.6 Å². The van der Waals surface area contributed by atoms with Crippen molar-refractivity contribution in [3.05, 3.63) is 81.0 Å². The van der Waals surface area contributed by atoms with Crippen LogP contribution in [0.15, 0.2) is 60.0 Å². The second kappa shape index (κ2) is 10.3. The number of halogens is 1. The lowest BCUT2D eigenvalue weighted by Crippen LogP contribution is -2.49. The third-order valence-corrected chi connectivity index (χ3v) is 7.77. The first-order chi connectivity index (χ1) is 17.0. The predicted octanol–water partition coefficient (Wildman–Crippen LogP) is 5.91. The van der Waals surface area contributed by atoms with E-state index in [1.54, 1.807) is 40.5 Å². The number of carbonyl (C=O) groups excluding carboxylic acids is 2. The van der Waals surface area contributed by atoms with Crippen LogP contribution in [0.5, 0.6) is 5.75 Å². The Balaban J connectivity index is 1.31. The lowest BCUT2D eigenvalue weighted by atomic mass is 10.0. The third-order valence-electron chi connectivity index (χ3n) is 6.54. The van der Waals surface area contributed by atoms with Gasteiger partial charge in [0.05, 0.1) is 6.04 Å². The minimum atomic E-state index is -0.274. The van der Waals surface area contributed by atoms with E-state index in [1.807, 2.05) is 36.1 Å². The largest absolute Gasteiger partial charge is 0.491 e. The molecule has 1 aliphatic carbocycles. The molecule has 1 fully saturated rings. The van der Waals surface area contributed by atoms with Gasteiger partial charge in [-0.15, -0.1) is 11.3 Å². The molecule has 3 amide bonds. The van der Waals surface area contributed by atoms with Crippen LogP contribution >= 0.6 is 22.9 Å². The summed E-state index contributed by atoms with van der Waals surface area (Å²) in [6.45, 7) is 3.04. The summed E-state index contributed by atoms with van der Waals surface area (Å²) in [5, 5.41) is 5.52. The average Bonchev–Trinajstić information content (AvgIpc) is 3.57. The summed E-state index contributed by atoms with van der Waals surface area (Å²) in [7, 11) is 0. The molecule has 1 N–H and O–H groups in total. The van der Waals surface area contributed by atoms with Crippen molar-refractivity contribution in [1.29, 1.82) is 0 Å². The molecule has 6 nitrogen and oxygen atoms in total. The number of urea groups is 1. The first-order valence-corrected chi connectivity index (χ1v) is 13.1. The topological polar surface area (TPSA) is 61.9 Å². The summed E-state index contributed by atoms with van der Waals surface area (Å²) in [6, 6.07) is 16.7. The van der Waals surface area contributed by atoms with Crippen LogP contribution in [0.25, 0.3) is 0 Å². The van der Waals surface area contributed by atoms with Gasteiger partial charge < -0.3 is 19.9 Å². The number of para-hydroxylation sites is 1. The number of rotatable bonds is 7. The van der Waals surface area contributed by atoms with Crippen LogP contribution in [0.3, 0.4) is 0 Å². The van der Waals surface area contributed by atoms with Crippen molar-refractivity contribution < 1.29 is 14.3 Å². The highest BCUT2D eigenvalue weighted by Crippen LogP contribution is 2.35. The normalized spacial score (nSPS) is 17.0. The molecule has 3 aromatic rings. The number of thiophene rings is 1. The molecular formula is C27H28ClN3O3S. The van der Waals surface area contributed by atoms with Gasteiger partial charge in [0, 0.05) is 28.2 Å². The Morgan fingerprint density at radius 3 is 2.77 bits per heavy atom. The maximum atomic E-state index is 13.6. The molecule has 2 heterocycles. The van der Waals surface area contributed by atoms with Crippen molar-refractivity contribution in [2.24, 2.45) is 0 Å². The number of amides is 3. The average molecular weight is 510 g/mol. The quantitative estimate of drug-likeness (QED) is 0.430. The number of anilines is 1. The van der Waals surface area contributed by atoms with E-state index in [4.69, 9.17) is 16.3 Å². The second-order valence-corrected chi connectivity index (χ2v) is 10.5. The fraction of sp³-hybridized carbons (Fsp3) is 0.333. The van der Waals surface area contributed by atoms with Crippen molar-refractivity contribution in [2.45, 2.75) is 38.3 Å². The number of nitrogens with one attached hydrogen (secondary N) is 1. The molecule has 8 heteroatoms. The molecule has 0 saturated heterocycles. The number of aryl methyl sites for hydroxylation is 1. The van der Waals surface area contributed by atoms with Gasteiger partial charge in [0.15, 0.2) is 0 Å². The smallest absolute Gasteiger partial charge is 0.322 e. The van der Waals surface area contributed by atoms with Crippen molar-refractivity contribution >= 4 is 40.6 Å². The highest BCUT2D eigenvalue weighted by Gasteiger charge is 2.38. The molecule has 1 atom stereocenters. The summed E-state index contributed by atoms with van der Waals surface area (Å²) in [5.41, 5.74) is 2.82. The number of ether oxygens (including phenoxy) is 1. The minimum Gasteiger partial charge on any atom is -0.491 e. The molecule has 2 aliphatic rings. The maximum Gasteiger partial charge on any atom is 0.322 e. The summed E-state index contributed by atoms with van der Waals surface area (Å²) < 4.78 is 6.19. The van der Waals surface area contributed by atoms with Gasteiger partial charge in [0.2, 0.25) is 5.91 Å². The highest BCUT2D eigenvalue weighted by molar-refractivity contribution is 7.10. The molecule has 0 bridgehead atoms. The molecule has 5 rings (SSSR count). The maximum absolute atomic E-state index is 13.6. The molecule has 1 aliphatic heterocycles. The van der Waals surface area contributed by atoms with Gasteiger partial charge in [-0.05, 0) is 73.0 Å². The van der Waals surface area contributed by atoms with Crippen LogP contribution in [0, 0.1) is 6.92 Å². The Hall–Kier alpha value is -3.03. The van der Waals surface area contributed by atoms with Crippen LogP contribution in [0.2, 0.25) is 5.02 Å². The van der Waals surface area contributed by atoms with Crippen LogP contribution in [-0.4, -0.2) is 47.5 Å². The molecule has 0 spiro atoms. The SMILES string of the molecule is Cc1ccccc1OC[C@@H]1c2ccsc2CCN1C(=O)CN(C(=O)Nc1cccc(Cl)c1)C1CC1. The number of benzene rings is 2. The first kappa shape index (κ1) is 23.7. The summed E-state index contributed by atoms with van der Waals surface area (Å²) in [6.07, 6.45) is 2.63. The molecule has 35 heavy (non-hydrogen) atoms. The van der Waals surface area contributed by atoms with Gasteiger partial charge >= 0.3 is 6.03 Å². The molecule has 1 saturated carbocycles. The van der Waals surface area contributed by atoms with E-state index in [9.17, 15) is 9.59 Å². The Bertz CT molecular complexity index is 1230. The summed E-state index contributed by atoms with van der Waals surface area (Å²) in [5.74, 6) is 0.760. The Kier molecular flexibility index (Phi) is 6.97. The van der Waals surface area contributed by atoms with Gasteiger partial charge in [0.25, 0.3) is 0 Å². The number of fused-ring (bicyclic) bond motifs is 1. The van der Waals surface area contributed by atoms with Gasteiger partial charge in [-0.25, -0.2) is 4.79 Å². The predicted molar refractivity (Wildman–Crippen MR) is 139 cm³/mol. The van der Waals surface area contributed by atoms with Gasteiger partial charge in [-0.2, -0.15) is 0 Å². The second-order valence-electron chi connectivity index (χ2n) is 9.03. The summed E-state index contributed by atoms with van der Waals surface area (Å²) >= 11 is 7.79. The molecule has 182 valence electrons. The van der Waals surface area contributed by atoms with Crippen LogP contribution in [0.4, 0.5) is 10.5 Å². The first-order valence-electron chi connectivity index (χ1n) is 11.9.